The molecular formula is C15H27N3O4. The second kappa shape index (κ2) is 7.09. The van der Waals surface area contributed by atoms with Crippen molar-refractivity contribution in [3.05, 3.63) is 0 Å². The molecule has 0 radical (unpaired) electrons. The Balaban J connectivity index is 2.51. The summed E-state index contributed by atoms with van der Waals surface area (Å²) in [5, 5.41) is 5.62. The van der Waals surface area contributed by atoms with Gasteiger partial charge >= 0.3 is 12.1 Å². The molecule has 7 nitrogen and oxygen atoms in total. The highest BCUT2D eigenvalue weighted by atomic mass is 16.7. The van der Waals surface area contributed by atoms with Gasteiger partial charge < -0.3 is 9.57 Å². The van der Waals surface area contributed by atoms with Crippen molar-refractivity contribution in [2.75, 3.05) is 13.1 Å². The maximum absolute atomic E-state index is 11.9. The van der Waals surface area contributed by atoms with E-state index in [0.29, 0.717) is 13.1 Å². The summed E-state index contributed by atoms with van der Waals surface area (Å²) in [6, 6.07) is 0. The minimum absolute atomic E-state index is 0.283. The van der Waals surface area contributed by atoms with Gasteiger partial charge in [-0.25, -0.2) is 15.0 Å². The summed E-state index contributed by atoms with van der Waals surface area (Å²) < 4.78 is 5.11. The Morgan fingerprint density at radius 3 is 2.36 bits per heavy atom. The molecule has 126 valence electrons. The van der Waals surface area contributed by atoms with Crippen LogP contribution in [0, 0.1) is 5.41 Å². The number of hydrogen-bond acceptors (Lipinski definition) is 6. The molecule has 22 heavy (non-hydrogen) atoms. The number of rotatable bonds is 2. The molecular weight excluding hydrogens is 286 g/mol. The Morgan fingerprint density at radius 2 is 1.82 bits per heavy atom. The fourth-order valence-electron chi connectivity index (χ4n) is 1.67. The predicted molar refractivity (Wildman–Crippen MR) is 83.2 cm³/mol. The molecule has 0 aliphatic carbocycles. The van der Waals surface area contributed by atoms with E-state index < -0.39 is 17.1 Å². The molecule has 1 amide bonds. The van der Waals surface area contributed by atoms with Crippen molar-refractivity contribution in [2.45, 2.75) is 60.0 Å². The van der Waals surface area contributed by atoms with Gasteiger partial charge in [0.05, 0.1) is 17.7 Å². The number of piperidine rings is 1. The van der Waals surface area contributed by atoms with Crippen molar-refractivity contribution < 1.29 is 19.2 Å². The molecule has 1 N–H and O–H groups in total. The highest BCUT2D eigenvalue weighted by Crippen LogP contribution is 2.18. The molecule has 0 bridgehead atoms. The van der Waals surface area contributed by atoms with Gasteiger partial charge in [-0.3, -0.25) is 0 Å². The monoisotopic (exact) mass is 313 g/mol. The van der Waals surface area contributed by atoms with Gasteiger partial charge in [-0.05, 0) is 54.4 Å². The van der Waals surface area contributed by atoms with E-state index in [2.05, 4.69) is 10.5 Å². The van der Waals surface area contributed by atoms with E-state index in [4.69, 9.17) is 9.57 Å². The molecule has 1 fully saturated rings. The SMILES string of the molecule is CC(C)(C)OC(=O)NN=C1CCCN(OC(=O)C(C)(C)C)C1. The standard InChI is InChI=1S/C15H27N3O4/c1-14(2,3)12(19)22-18-9-7-8-11(10-18)16-17-13(20)21-15(4,5)6/h7-10H2,1-6H3,(H,17,20). The van der Waals surface area contributed by atoms with Crippen LogP contribution < -0.4 is 5.43 Å². The van der Waals surface area contributed by atoms with E-state index in [-0.39, 0.29) is 5.97 Å². The minimum Gasteiger partial charge on any atom is -0.443 e. The average molecular weight is 313 g/mol. The summed E-state index contributed by atoms with van der Waals surface area (Å²) in [6.45, 7) is 11.8. The van der Waals surface area contributed by atoms with Gasteiger partial charge in [0.1, 0.15) is 5.60 Å². The molecule has 0 atom stereocenters. The lowest BCUT2D eigenvalue weighted by Crippen LogP contribution is -2.41. The van der Waals surface area contributed by atoms with Gasteiger partial charge in [0.25, 0.3) is 0 Å². The molecule has 1 aliphatic rings. The number of amides is 1. The molecule has 7 heteroatoms. The number of carbonyl (C=O) groups excluding carboxylic acids is 2. The van der Waals surface area contributed by atoms with Crippen molar-refractivity contribution in [3.63, 3.8) is 0 Å². The van der Waals surface area contributed by atoms with E-state index in [1.807, 2.05) is 0 Å². The Kier molecular flexibility index (Phi) is 5.93. The van der Waals surface area contributed by atoms with Crippen LogP contribution in [0.1, 0.15) is 54.4 Å². The van der Waals surface area contributed by atoms with E-state index in [1.54, 1.807) is 46.6 Å². The van der Waals surface area contributed by atoms with Crippen LogP contribution in [0.15, 0.2) is 5.10 Å². The molecule has 1 aliphatic heterocycles. The van der Waals surface area contributed by atoms with Crippen molar-refractivity contribution in [2.24, 2.45) is 10.5 Å². The summed E-state index contributed by atoms with van der Waals surface area (Å²) in [7, 11) is 0. The predicted octanol–water partition coefficient (Wildman–Crippen LogP) is 2.47. The van der Waals surface area contributed by atoms with Gasteiger partial charge in [0.15, 0.2) is 0 Å². The molecule has 1 heterocycles. The number of ether oxygens (including phenoxy) is 1. The zero-order chi connectivity index (χ0) is 17.0. The topological polar surface area (TPSA) is 80.2 Å². The third kappa shape index (κ3) is 6.89. The van der Waals surface area contributed by atoms with Crippen LogP contribution in [0.4, 0.5) is 4.79 Å². The largest absolute Gasteiger partial charge is 0.443 e. The van der Waals surface area contributed by atoms with Gasteiger partial charge in [-0.1, -0.05) is 0 Å². The third-order valence-corrected chi connectivity index (χ3v) is 2.76. The molecule has 0 aromatic rings. The molecule has 0 aromatic carbocycles. The quantitative estimate of drug-likeness (QED) is 0.792. The fraction of sp³-hybridized carbons (Fsp3) is 0.800. The van der Waals surface area contributed by atoms with Crippen LogP contribution in [0.3, 0.4) is 0 Å². The first-order valence-electron chi connectivity index (χ1n) is 7.49. The van der Waals surface area contributed by atoms with Crippen LogP contribution in [0.25, 0.3) is 0 Å². The first-order valence-corrected chi connectivity index (χ1v) is 7.49. The summed E-state index contributed by atoms with van der Waals surface area (Å²) in [5.74, 6) is -0.283. The van der Waals surface area contributed by atoms with Crippen molar-refractivity contribution in [1.29, 1.82) is 0 Å². The molecule has 0 saturated carbocycles. The molecule has 0 aromatic heterocycles. The van der Waals surface area contributed by atoms with E-state index in [9.17, 15) is 9.59 Å². The maximum Gasteiger partial charge on any atom is 0.428 e. The lowest BCUT2D eigenvalue weighted by molar-refractivity contribution is -0.198. The third-order valence-electron chi connectivity index (χ3n) is 2.76. The zero-order valence-corrected chi connectivity index (χ0v) is 14.4. The second-order valence-corrected chi connectivity index (χ2v) is 7.39. The molecule has 1 saturated heterocycles. The van der Waals surface area contributed by atoms with Gasteiger partial charge in [0.2, 0.25) is 0 Å². The highest BCUT2D eigenvalue weighted by Gasteiger charge is 2.28. The first-order chi connectivity index (χ1) is 9.97. The van der Waals surface area contributed by atoms with Crippen molar-refractivity contribution in [1.82, 2.24) is 10.5 Å². The number of hydroxylamine groups is 2. The number of nitrogens with zero attached hydrogens (tertiary/aromatic N) is 2. The molecule has 1 rings (SSSR count). The second-order valence-electron chi connectivity index (χ2n) is 7.39. The number of nitrogens with one attached hydrogen (secondary N) is 1. The lowest BCUT2D eigenvalue weighted by atomic mass is 9.98. The Morgan fingerprint density at radius 1 is 1.18 bits per heavy atom. The summed E-state index contributed by atoms with van der Waals surface area (Å²) >= 11 is 0. The van der Waals surface area contributed by atoms with Gasteiger partial charge in [-0.2, -0.15) is 5.10 Å². The average Bonchev–Trinajstić information content (AvgIpc) is 2.33. The van der Waals surface area contributed by atoms with Crippen molar-refractivity contribution in [3.8, 4) is 0 Å². The smallest absolute Gasteiger partial charge is 0.428 e. The zero-order valence-electron chi connectivity index (χ0n) is 14.4. The van der Waals surface area contributed by atoms with Crippen LogP contribution >= 0.6 is 0 Å². The Hall–Kier alpha value is -1.63. The van der Waals surface area contributed by atoms with Crippen LogP contribution in [0.2, 0.25) is 0 Å². The van der Waals surface area contributed by atoms with Gasteiger partial charge in [-0.15, -0.1) is 5.06 Å². The van der Waals surface area contributed by atoms with Crippen LogP contribution in [-0.2, 0) is 14.4 Å². The normalized spacial score (nSPS) is 18.9. The van der Waals surface area contributed by atoms with E-state index in [1.165, 1.54) is 0 Å². The summed E-state index contributed by atoms with van der Waals surface area (Å²) in [6.07, 6.45) is 0.967. The summed E-state index contributed by atoms with van der Waals surface area (Å²) in [4.78, 5) is 28.8. The first kappa shape index (κ1) is 18.4. The minimum atomic E-state index is -0.594. The molecule has 0 spiro atoms. The number of hydrogen-bond donors (Lipinski definition) is 1. The Labute approximate surface area is 132 Å². The van der Waals surface area contributed by atoms with E-state index >= 15 is 0 Å². The van der Waals surface area contributed by atoms with Crippen LogP contribution in [0.5, 0.6) is 0 Å². The number of hydrazone groups is 1. The van der Waals surface area contributed by atoms with Gasteiger partial charge in [0, 0.05) is 6.54 Å². The number of carbonyl (C=O) groups is 2. The fourth-order valence-corrected chi connectivity index (χ4v) is 1.67. The highest BCUT2D eigenvalue weighted by molar-refractivity contribution is 5.88. The molecule has 0 unspecified atom stereocenters. The lowest BCUT2D eigenvalue weighted by Gasteiger charge is -2.28. The van der Waals surface area contributed by atoms with Crippen LogP contribution in [-0.4, -0.2) is 41.5 Å². The van der Waals surface area contributed by atoms with Crippen molar-refractivity contribution >= 4 is 17.8 Å². The maximum atomic E-state index is 11.9. The van der Waals surface area contributed by atoms with E-state index in [0.717, 1.165) is 18.6 Å². The summed E-state index contributed by atoms with van der Waals surface area (Å²) in [5.41, 5.74) is 2.01. The Bertz CT molecular complexity index is 447.